The molecule has 0 radical (unpaired) electrons. The number of aromatic nitrogens is 1. The van der Waals surface area contributed by atoms with Gasteiger partial charge in [0.05, 0.1) is 36.8 Å². The highest BCUT2D eigenvalue weighted by atomic mass is 32.1. The van der Waals surface area contributed by atoms with Crippen LogP contribution in [0, 0.1) is 5.82 Å². The molecule has 0 fully saturated rings. The maximum absolute atomic E-state index is 13.2. The molecule has 0 atom stereocenters. The summed E-state index contributed by atoms with van der Waals surface area (Å²) in [5.41, 5.74) is 3.92. The molecule has 5 rings (SSSR count). The molecule has 0 spiro atoms. The quantitative estimate of drug-likeness (QED) is 0.134. The van der Waals surface area contributed by atoms with Crippen molar-refractivity contribution in [2.24, 2.45) is 10.1 Å². The van der Waals surface area contributed by atoms with Crippen molar-refractivity contribution in [3.8, 4) is 28.5 Å². The smallest absolute Gasteiger partial charge is 0.343 e. The van der Waals surface area contributed by atoms with E-state index in [2.05, 4.69) is 16.9 Å². The van der Waals surface area contributed by atoms with Gasteiger partial charge >= 0.3 is 5.97 Å². The molecule has 1 aliphatic heterocycles. The lowest BCUT2D eigenvalue weighted by Crippen LogP contribution is -2.25. The van der Waals surface area contributed by atoms with Gasteiger partial charge in [-0.3, -0.25) is 9.79 Å². The molecular weight excluding hydrogens is 547 g/mol. The third-order valence-electron chi connectivity index (χ3n) is 5.87. The number of hydrogen-bond acceptors (Lipinski definition) is 8. The van der Waals surface area contributed by atoms with E-state index in [0.717, 1.165) is 16.8 Å². The van der Waals surface area contributed by atoms with Gasteiger partial charge in [-0.2, -0.15) is 5.10 Å². The second-order valence-electron chi connectivity index (χ2n) is 9.09. The molecule has 1 aliphatic rings. The van der Waals surface area contributed by atoms with E-state index >= 15 is 0 Å². The molecule has 1 N–H and O–H groups in total. The minimum atomic E-state index is -0.640. The normalized spacial score (nSPS) is 13.0. The molecule has 0 bridgehead atoms. The number of carbonyl (C=O) groups is 2. The van der Waals surface area contributed by atoms with Crippen LogP contribution in [0.25, 0.3) is 11.3 Å². The Kier molecular flexibility index (Phi) is 8.06. The van der Waals surface area contributed by atoms with Crippen LogP contribution in [0.2, 0.25) is 0 Å². The highest BCUT2D eigenvalue weighted by molar-refractivity contribution is 7.07. The predicted molar refractivity (Wildman–Crippen MR) is 154 cm³/mol. The van der Waals surface area contributed by atoms with Gasteiger partial charge in [-0.1, -0.05) is 12.2 Å². The first kappa shape index (κ1) is 27.5. The lowest BCUT2D eigenvalue weighted by molar-refractivity contribution is -0.118. The molecule has 3 aromatic carbocycles. The Bertz CT molecular complexity index is 1740. The molecular formula is C30H25FN4O5S. The number of amides is 1. The second-order valence-corrected chi connectivity index (χ2v) is 9.92. The summed E-state index contributed by atoms with van der Waals surface area (Å²) in [4.78, 5) is 29.6. The summed E-state index contributed by atoms with van der Waals surface area (Å²) in [7, 11) is 1.46. The van der Waals surface area contributed by atoms with Crippen LogP contribution in [0.5, 0.6) is 17.2 Å². The average molecular weight is 573 g/mol. The number of fused-ring (bicyclic) bond motifs is 1. The van der Waals surface area contributed by atoms with Crippen molar-refractivity contribution in [1.82, 2.24) is 4.68 Å². The number of benzene rings is 3. The zero-order valence-corrected chi connectivity index (χ0v) is 23.0. The monoisotopic (exact) mass is 572 g/mol. The fourth-order valence-electron chi connectivity index (χ4n) is 3.88. The number of nitrogens with zero attached hydrogens (tertiary/aromatic N) is 3. The second kappa shape index (κ2) is 12.0. The fraction of sp³-hybridized carbons (Fsp3) is 0.133. The number of nitrogens with one attached hydrogen (secondary N) is 1. The predicted octanol–water partition coefficient (Wildman–Crippen LogP) is 5.27. The summed E-state index contributed by atoms with van der Waals surface area (Å²) in [6.45, 7) is 6.24. The van der Waals surface area contributed by atoms with E-state index in [4.69, 9.17) is 19.3 Å². The van der Waals surface area contributed by atoms with Gasteiger partial charge in [0.15, 0.2) is 18.1 Å². The van der Waals surface area contributed by atoms with E-state index in [-0.39, 0.29) is 23.8 Å². The maximum Gasteiger partial charge on any atom is 0.343 e. The van der Waals surface area contributed by atoms with Crippen LogP contribution in [-0.2, 0) is 4.79 Å². The largest absolute Gasteiger partial charge is 0.493 e. The molecule has 0 saturated carbocycles. The van der Waals surface area contributed by atoms with Crippen LogP contribution in [0.3, 0.4) is 0 Å². The summed E-state index contributed by atoms with van der Waals surface area (Å²) in [5.74, 6) is -0.186. The number of thiazole rings is 1. The van der Waals surface area contributed by atoms with E-state index in [1.165, 1.54) is 42.7 Å². The van der Waals surface area contributed by atoms with Gasteiger partial charge in [0, 0.05) is 10.9 Å². The number of carbonyl (C=O) groups excluding carboxylic acids is 2. The van der Waals surface area contributed by atoms with Crippen LogP contribution in [0.1, 0.15) is 22.8 Å². The Morgan fingerprint density at radius 2 is 1.98 bits per heavy atom. The van der Waals surface area contributed by atoms with Crippen LogP contribution < -0.4 is 24.3 Å². The van der Waals surface area contributed by atoms with Crippen LogP contribution in [-0.4, -0.2) is 43.0 Å². The molecule has 4 aromatic rings. The number of methoxy groups -OCH3 is 1. The van der Waals surface area contributed by atoms with Gasteiger partial charge in [-0.05, 0) is 73.2 Å². The van der Waals surface area contributed by atoms with Crippen molar-refractivity contribution in [2.75, 3.05) is 25.6 Å². The van der Waals surface area contributed by atoms with E-state index < -0.39 is 11.8 Å². The summed E-state index contributed by atoms with van der Waals surface area (Å²) < 4.78 is 31.3. The number of rotatable bonds is 8. The van der Waals surface area contributed by atoms with Crippen LogP contribution >= 0.6 is 11.3 Å². The number of esters is 1. The third kappa shape index (κ3) is 6.42. The molecule has 2 heterocycles. The number of anilines is 1. The molecule has 208 valence electrons. The van der Waals surface area contributed by atoms with Gasteiger partial charge in [0.25, 0.3) is 5.91 Å². The zero-order chi connectivity index (χ0) is 28.9. The Balaban J connectivity index is 1.46. The van der Waals surface area contributed by atoms with Gasteiger partial charge in [0.2, 0.25) is 4.80 Å². The first-order valence-electron chi connectivity index (χ1n) is 12.4. The van der Waals surface area contributed by atoms with E-state index in [1.54, 1.807) is 35.2 Å². The summed E-state index contributed by atoms with van der Waals surface area (Å²) in [6, 6.07) is 15.6. The Hall–Kier alpha value is -5.03. The van der Waals surface area contributed by atoms with Gasteiger partial charge in [0.1, 0.15) is 11.6 Å². The van der Waals surface area contributed by atoms with Gasteiger partial charge in [-0.15, -0.1) is 11.3 Å². The minimum Gasteiger partial charge on any atom is -0.493 e. The topological polar surface area (TPSA) is 104 Å². The van der Waals surface area contributed by atoms with Crippen molar-refractivity contribution in [3.63, 3.8) is 0 Å². The first-order valence-corrected chi connectivity index (χ1v) is 13.3. The summed E-state index contributed by atoms with van der Waals surface area (Å²) in [5, 5.41) is 9.46. The van der Waals surface area contributed by atoms with Crippen LogP contribution in [0.4, 0.5) is 10.1 Å². The molecule has 9 nitrogen and oxygen atoms in total. The van der Waals surface area contributed by atoms with Crippen molar-refractivity contribution in [1.29, 1.82) is 0 Å². The SMILES string of the molecule is C=C(C)CN=c1scc(-c2ccc3c(c2)NC(=O)CO3)n1N=Cc1ccc(OC(=O)c2ccc(F)cc2)c(OC)c1. The van der Waals surface area contributed by atoms with E-state index in [9.17, 15) is 14.0 Å². The van der Waals surface area contributed by atoms with Crippen molar-refractivity contribution in [3.05, 3.63) is 99.9 Å². The highest BCUT2D eigenvalue weighted by Crippen LogP contribution is 2.33. The third-order valence-corrected chi connectivity index (χ3v) is 6.72. The number of halogens is 1. The van der Waals surface area contributed by atoms with Crippen molar-refractivity contribution >= 4 is 35.1 Å². The zero-order valence-electron chi connectivity index (χ0n) is 22.2. The van der Waals surface area contributed by atoms with Gasteiger partial charge < -0.3 is 19.5 Å². The van der Waals surface area contributed by atoms with Crippen molar-refractivity contribution in [2.45, 2.75) is 6.92 Å². The fourth-order valence-corrected chi connectivity index (χ4v) is 4.72. The summed E-state index contributed by atoms with van der Waals surface area (Å²) in [6.07, 6.45) is 1.63. The average Bonchev–Trinajstić information content (AvgIpc) is 3.38. The number of hydrogen-bond donors (Lipinski definition) is 1. The standard InChI is InChI=1S/C30H25FN4O5S/c1-18(2)14-32-30-35(24(17-41-30)21-7-11-25-23(13-21)34-28(36)16-39-25)33-15-19-4-10-26(27(12-19)38-3)40-29(37)20-5-8-22(31)9-6-20/h4-13,15,17H,1,14,16H2,2-3H3,(H,34,36). The van der Waals surface area contributed by atoms with E-state index in [1.807, 2.05) is 24.4 Å². The lowest BCUT2D eigenvalue weighted by Gasteiger charge is -2.18. The molecule has 1 amide bonds. The van der Waals surface area contributed by atoms with Crippen molar-refractivity contribution < 1.29 is 28.2 Å². The van der Waals surface area contributed by atoms with Crippen LogP contribution in [0.15, 0.2) is 88.3 Å². The number of ether oxygens (including phenoxy) is 3. The minimum absolute atomic E-state index is 0.0211. The molecule has 0 unspecified atom stereocenters. The molecule has 0 aliphatic carbocycles. The molecule has 1 aromatic heterocycles. The molecule has 41 heavy (non-hydrogen) atoms. The van der Waals surface area contributed by atoms with Gasteiger partial charge in [-0.25, -0.2) is 13.9 Å². The molecule has 11 heteroatoms. The van der Waals surface area contributed by atoms with E-state index in [0.29, 0.717) is 34.1 Å². The Morgan fingerprint density at radius 1 is 1.17 bits per heavy atom. The maximum atomic E-state index is 13.2. The Labute approximate surface area is 238 Å². The summed E-state index contributed by atoms with van der Waals surface area (Å²) >= 11 is 1.42. The highest BCUT2D eigenvalue weighted by Gasteiger charge is 2.18. The Morgan fingerprint density at radius 3 is 2.73 bits per heavy atom. The first-order chi connectivity index (χ1) is 19.8. The molecule has 0 saturated heterocycles. The lowest BCUT2D eigenvalue weighted by atomic mass is 10.1.